The molecular weight excluding hydrogens is 310 g/mol. The number of benzene rings is 1. The van der Waals surface area contributed by atoms with Crippen molar-refractivity contribution in [3.8, 4) is 28.6 Å². The van der Waals surface area contributed by atoms with E-state index in [1.165, 1.54) is 0 Å². The Kier molecular flexibility index (Phi) is 3.31. The van der Waals surface area contributed by atoms with E-state index >= 15 is 0 Å². The first kappa shape index (κ1) is 14.1. The van der Waals surface area contributed by atoms with Gasteiger partial charge in [0.2, 0.25) is 5.82 Å². The first-order chi connectivity index (χ1) is 11.7. The monoisotopic (exact) mass is 321 g/mol. The van der Waals surface area contributed by atoms with Crippen molar-refractivity contribution in [3.05, 3.63) is 59.2 Å². The van der Waals surface area contributed by atoms with Gasteiger partial charge in [0.25, 0.3) is 5.89 Å². The van der Waals surface area contributed by atoms with Crippen molar-refractivity contribution in [3.63, 3.8) is 0 Å². The predicted octanol–water partition coefficient (Wildman–Crippen LogP) is 2.91. The highest BCUT2D eigenvalue weighted by Gasteiger charge is 2.16. The first-order valence-corrected chi connectivity index (χ1v) is 7.11. The summed E-state index contributed by atoms with van der Waals surface area (Å²) in [5.74, 6) is 1.06. The van der Waals surface area contributed by atoms with E-state index in [0.29, 0.717) is 22.7 Å². The third kappa shape index (κ3) is 2.41. The predicted molar refractivity (Wildman–Crippen MR) is 85.6 cm³/mol. The van der Waals surface area contributed by atoms with Gasteiger partial charge in [0.15, 0.2) is 0 Å². The molecule has 0 bridgehead atoms. The van der Waals surface area contributed by atoms with Crippen molar-refractivity contribution in [2.45, 2.75) is 0 Å². The zero-order chi connectivity index (χ0) is 16.5. The summed E-state index contributed by atoms with van der Waals surface area (Å²) in [5, 5.41) is 4.61. The number of pyridine rings is 1. The van der Waals surface area contributed by atoms with Gasteiger partial charge >= 0.3 is 5.63 Å². The van der Waals surface area contributed by atoms with Crippen LogP contribution in [0.1, 0.15) is 0 Å². The van der Waals surface area contributed by atoms with E-state index < -0.39 is 5.63 Å². The minimum atomic E-state index is -0.558. The van der Waals surface area contributed by atoms with Crippen molar-refractivity contribution in [1.82, 2.24) is 15.1 Å². The van der Waals surface area contributed by atoms with Crippen LogP contribution in [0, 0.1) is 0 Å². The second-order valence-electron chi connectivity index (χ2n) is 5.02. The summed E-state index contributed by atoms with van der Waals surface area (Å²) < 4.78 is 15.7. The second kappa shape index (κ2) is 5.62. The Morgan fingerprint density at radius 2 is 2.08 bits per heavy atom. The molecule has 4 rings (SSSR count). The Hall–Kier alpha value is -3.48. The lowest BCUT2D eigenvalue weighted by Gasteiger charge is -2.02. The van der Waals surface area contributed by atoms with E-state index in [2.05, 4.69) is 15.1 Å². The summed E-state index contributed by atoms with van der Waals surface area (Å²) in [5.41, 5.74) is 0.768. The van der Waals surface area contributed by atoms with Crippen LogP contribution in [0.2, 0.25) is 0 Å². The molecule has 0 saturated heterocycles. The molecule has 1 aromatic carbocycles. The minimum Gasteiger partial charge on any atom is -0.497 e. The molecule has 4 aromatic rings. The molecule has 0 fully saturated rings. The van der Waals surface area contributed by atoms with E-state index in [4.69, 9.17) is 13.7 Å². The van der Waals surface area contributed by atoms with Crippen LogP contribution in [0.3, 0.4) is 0 Å². The van der Waals surface area contributed by atoms with Crippen LogP contribution in [-0.4, -0.2) is 22.2 Å². The van der Waals surface area contributed by atoms with Crippen LogP contribution in [0.25, 0.3) is 33.8 Å². The van der Waals surface area contributed by atoms with Gasteiger partial charge in [0, 0.05) is 29.4 Å². The van der Waals surface area contributed by atoms with Gasteiger partial charge in [-0.25, -0.2) is 4.79 Å². The van der Waals surface area contributed by atoms with Crippen LogP contribution >= 0.6 is 0 Å². The van der Waals surface area contributed by atoms with Crippen LogP contribution < -0.4 is 10.4 Å². The first-order valence-electron chi connectivity index (χ1n) is 7.11. The number of methoxy groups -OCH3 is 1. The van der Waals surface area contributed by atoms with E-state index in [0.717, 1.165) is 5.39 Å². The molecule has 3 heterocycles. The Morgan fingerprint density at radius 1 is 1.17 bits per heavy atom. The Bertz CT molecular complexity index is 1070. The fraction of sp³-hybridized carbons (Fsp3) is 0.0588. The molecule has 0 N–H and O–H groups in total. The lowest BCUT2D eigenvalue weighted by Crippen LogP contribution is -2.03. The number of nitrogens with zero attached hydrogens (tertiary/aromatic N) is 3. The molecule has 0 saturated carbocycles. The SMILES string of the molecule is COc1ccc2cc(-c3nc(-c4cccnc4)no3)c(=O)oc2c1. The number of hydrogen-bond donors (Lipinski definition) is 0. The van der Waals surface area contributed by atoms with E-state index in [1.54, 1.807) is 55.9 Å². The molecule has 0 aliphatic heterocycles. The summed E-state index contributed by atoms with van der Waals surface area (Å²) in [6.07, 6.45) is 3.26. The summed E-state index contributed by atoms with van der Waals surface area (Å²) in [6, 6.07) is 10.4. The van der Waals surface area contributed by atoms with Crippen LogP contribution in [0.5, 0.6) is 5.75 Å². The maximum atomic E-state index is 12.2. The molecule has 0 aliphatic carbocycles. The molecule has 24 heavy (non-hydrogen) atoms. The molecule has 118 valence electrons. The van der Waals surface area contributed by atoms with Crippen LogP contribution in [0.4, 0.5) is 0 Å². The van der Waals surface area contributed by atoms with E-state index in [9.17, 15) is 4.79 Å². The molecule has 0 radical (unpaired) electrons. The number of aromatic nitrogens is 3. The summed E-state index contributed by atoms with van der Waals surface area (Å²) >= 11 is 0. The molecule has 0 unspecified atom stereocenters. The Labute approximate surface area is 135 Å². The van der Waals surface area contributed by atoms with Gasteiger partial charge in [0.05, 0.1) is 7.11 Å². The Balaban J connectivity index is 1.81. The van der Waals surface area contributed by atoms with Gasteiger partial charge in [-0.3, -0.25) is 4.98 Å². The molecule has 7 heteroatoms. The van der Waals surface area contributed by atoms with Crippen molar-refractivity contribution in [1.29, 1.82) is 0 Å². The largest absolute Gasteiger partial charge is 0.497 e. The summed E-state index contributed by atoms with van der Waals surface area (Å²) in [4.78, 5) is 20.5. The summed E-state index contributed by atoms with van der Waals surface area (Å²) in [7, 11) is 1.55. The lowest BCUT2D eigenvalue weighted by molar-refractivity contribution is 0.414. The maximum Gasteiger partial charge on any atom is 0.349 e. The zero-order valence-corrected chi connectivity index (χ0v) is 12.6. The number of rotatable bonds is 3. The van der Waals surface area contributed by atoms with Gasteiger partial charge in [-0.05, 0) is 30.3 Å². The van der Waals surface area contributed by atoms with Gasteiger partial charge in [-0.15, -0.1) is 0 Å². The third-order valence-electron chi connectivity index (χ3n) is 3.52. The van der Waals surface area contributed by atoms with Crippen molar-refractivity contribution >= 4 is 11.0 Å². The highest BCUT2D eigenvalue weighted by molar-refractivity contribution is 5.81. The molecule has 7 nitrogen and oxygen atoms in total. The number of fused-ring (bicyclic) bond motifs is 1. The van der Waals surface area contributed by atoms with Crippen molar-refractivity contribution < 1.29 is 13.7 Å². The summed E-state index contributed by atoms with van der Waals surface area (Å²) in [6.45, 7) is 0. The average Bonchev–Trinajstić information content (AvgIpc) is 3.11. The Morgan fingerprint density at radius 3 is 2.88 bits per heavy atom. The molecule has 0 spiro atoms. The smallest absolute Gasteiger partial charge is 0.349 e. The van der Waals surface area contributed by atoms with Crippen molar-refractivity contribution in [2.75, 3.05) is 7.11 Å². The standard InChI is InChI=1S/C17H11N3O4/c1-22-12-5-4-10-7-13(17(21)23-14(10)8-12)16-19-15(20-24-16)11-3-2-6-18-9-11/h2-9H,1H3. The normalized spacial score (nSPS) is 10.9. The number of hydrogen-bond acceptors (Lipinski definition) is 7. The fourth-order valence-electron chi connectivity index (χ4n) is 2.31. The molecule has 3 aromatic heterocycles. The lowest BCUT2D eigenvalue weighted by atomic mass is 10.2. The average molecular weight is 321 g/mol. The highest BCUT2D eigenvalue weighted by Crippen LogP contribution is 2.24. The quantitative estimate of drug-likeness (QED) is 0.536. The molecular formula is C17H11N3O4. The van der Waals surface area contributed by atoms with Crippen LogP contribution in [-0.2, 0) is 0 Å². The molecule has 0 aliphatic rings. The molecule has 0 amide bonds. The van der Waals surface area contributed by atoms with E-state index in [1.807, 2.05) is 0 Å². The van der Waals surface area contributed by atoms with Gasteiger partial charge in [-0.1, -0.05) is 5.16 Å². The highest BCUT2D eigenvalue weighted by atomic mass is 16.5. The fourth-order valence-corrected chi connectivity index (χ4v) is 2.31. The van der Waals surface area contributed by atoms with Gasteiger partial charge in [0.1, 0.15) is 16.9 Å². The third-order valence-corrected chi connectivity index (χ3v) is 3.52. The minimum absolute atomic E-state index is 0.0975. The van der Waals surface area contributed by atoms with Gasteiger partial charge < -0.3 is 13.7 Å². The van der Waals surface area contributed by atoms with Gasteiger partial charge in [-0.2, -0.15) is 4.98 Å². The number of ether oxygens (including phenoxy) is 1. The topological polar surface area (TPSA) is 91.3 Å². The molecule has 0 atom stereocenters. The van der Waals surface area contributed by atoms with Crippen LogP contribution in [0.15, 0.2) is 62.5 Å². The zero-order valence-electron chi connectivity index (χ0n) is 12.6. The van der Waals surface area contributed by atoms with E-state index in [-0.39, 0.29) is 11.5 Å². The van der Waals surface area contributed by atoms with Crippen molar-refractivity contribution in [2.24, 2.45) is 0 Å². The second-order valence-corrected chi connectivity index (χ2v) is 5.02. The maximum absolute atomic E-state index is 12.2.